The van der Waals surface area contributed by atoms with E-state index in [1.807, 2.05) is 0 Å². The third-order valence-corrected chi connectivity index (χ3v) is 5.00. The van der Waals surface area contributed by atoms with Gasteiger partial charge in [-0.1, -0.05) is 11.6 Å². The lowest BCUT2D eigenvalue weighted by Crippen LogP contribution is -2.28. The van der Waals surface area contributed by atoms with E-state index in [0.717, 1.165) is 5.69 Å². The second kappa shape index (κ2) is 7.88. The maximum Gasteiger partial charge on any atom is 0.272 e. The zero-order chi connectivity index (χ0) is 20.4. The Morgan fingerprint density at radius 1 is 1.31 bits per heavy atom. The minimum atomic E-state index is -0.345. The fraction of sp³-hybridized carbons (Fsp3) is 0.211. The molecule has 1 aliphatic rings. The number of methoxy groups -OCH3 is 1. The fourth-order valence-electron chi connectivity index (χ4n) is 3.11. The lowest BCUT2D eigenvalue weighted by molar-refractivity contribution is 0.0746. The molecule has 29 heavy (non-hydrogen) atoms. The highest BCUT2D eigenvalue weighted by atomic mass is 35.5. The normalized spacial score (nSPS) is 12.6. The summed E-state index contributed by atoms with van der Waals surface area (Å²) in [5, 5.41) is 10.3. The first-order valence-corrected chi connectivity index (χ1v) is 9.16. The number of fused-ring (bicyclic) bond motifs is 1. The van der Waals surface area contributed by atoms with Gasteiger partial charge in [0.2, 0.25) is 5.88 Å². The van der Waals surface area contributed by atoms with Gasteiger partial charge < -0.3 is 15.0 Å². The molecule has 2 amide bonds. The molecule has 0 spiro atoms. The van der Waals surface area contributed by atoms with E-state index in [1.54, 1.807) is 35.5 Å². The van der Waals surface area contributed by atoms with Crippen LogP contribution in [0.1, 0.15) is 37.7 Å². The molecule has 0 atom stereocenters. The van der Waals surface area contributed by atoms with Gasteiger partial charge in [-0.3, -0.25) is 19.7 Å². The Labute approximate surface area is 171 Å². The van der Waals surface area contributed by atoms with E-state index in [9.17, 15) is 9.59 Å². The van der Waals surface area contributed by atoms with Crippen LogP contribution in [0, 0.1) is 0 Å². The van der Waals surface area contributed by atoms with E-state index in [4.69, 9.17) is 16.3 Å². The first-order valence-electron chi connectivity index (χ1n) is 8.79. The molecular weight excluding hydrogens is 396 g/mol. The van der Waals surface area contributed by atoms with Crippen LogP contribution in [0.4, 0.5) is 0 Å². The number of nitrogens with zero attached hydrogens (tertiary/aromatic N) is 4. The number of hydrogen-bond acceptors (Lipinski definition) is 6. The Morgan fingerprint density at radius 2 is 2.17 bits per heavy atom. The molecule has 0 saturated carbocycles. The molecule has 3 aromatic heterocycles. The molecule has 2 N–H and O–H groups in total. The molecule has 0 aliphatic carbocycles. The molecule has 0 aromatic carbocycles. The van der Waals surface area contributed by atoms with Gasteiger partial charge in [-0.05, 0) is 12.1 Å². The Morgan fingerprint density at radius 3 is 2.97 bits per heavy atom. The molecule has 4 heterocycles. The number of hydrogen-bond donors (Lipinski definition) is 2. The van der Waals surface area contributed by atoms with Crippen LogP contribution >= 0.6 is 11.6 Å². The number of halogens is 1. The number of H-pyrrole nitrogens is 1. The zero-order valence-corrected chi connectivity index (χ0v) is 16.2. The van der Waals surface area contributed by atoms with Crippen molar-refractivity contribution in [3.8, 4) is 5.88 Å². The molecule has 0 fully saturated rings. The molecule has 0 radical (unpaired) electrons. The van der Waals surface area contributed by atoms with Crippen LogP contribution in [0.15, 0.2) is 36.8 Å². The van der Waals surface area contributed by atoms with Crippen molar-refractivity contribution in [2.75, 3.05) is 7.11 Å². The molecular formula is C19H17ClN6O3. The number of amides is 2. The lowest BCUT2D eigenvalue weighted by Gasteiger charge is -2.16. The van der Waals surface area contributed by atoms with Crippen LogP contribution < -0.4 is 10.1 Å². The van der Waals surface area contributed by atoms with Crippen molar-refractivity contribution < 1.29 is 14.3 Å². The summed E-state index contributed by atoms with van der Waals surface area (Å²) >= 11 is 6.09. The first-order chi connectivity index (χ1) is 14.1. The maximum absolute atomic E-state index is 12.8. The Hall–Kier alpha value is -3.46. The number of carbonyl (C=O) groups is 2. The predicted molar refractivity (Wildman–Crippen MR) is 103 cm³/mol. The maximum atomic E-state index is 12.8. The van der Waals surface area contributed by atoms with Crippen molar-refractivity contribution >= 4 is 23.4 Å². The average Bonchev–Trinajstić information content (AvgIpc) is 3.33. The summed E-state index contributed by atoms with van der Waals surface area (Å²) < 4.78 is 5.07. The molecule has 9 nitrogen and oxygen atoms in total. The standard InChI is InChI=1S/C19H17ClN6O3/c1-29-16-6-11(2-5-22-16)19(28)26-9-13-15(10-26)24-25-17(13)18(27)23-8-12-7-21-4-3-14(12)20/h2-7H,8-10H2,1H3,(H,23,27)(H,24,25). The van der Waals surface area contributed by atoms with Crippen molar-refractivity contribution in [2.45, 2.75) is 19.6 Å². The highest BCUT2D eigenvalue weighted by Crippen LogP contribution is 2.26. The Bertz CT molecular complexity index is 1080. The number of carbonyl (C=O) groups excluding carboxylic acids is 2. The number of aromatic amines is 1. The van der Waals surface area contributed by atoms with Crippen molar-refractivity contribution in [2.24, 2.45) is 0 Å². The van der Waals surface area contributed by atoms with Gasteiger partial charge in [0.05, 0.1) is 25.9 Å². The second-order valence-corrected chi connectivity index (χ2v) is 6.83. The van der Waals surface area contributed by atoms with Gasteiger partial charge in [0.15, 0.2) is 5.69 Å². The summed E-state index contributed by atoms with van der Waals surface area (Å²) in [6.45, 7) is 0.853. The molecule has 4 rings (SSSR count). The van der Waals surface area contributed by atoms with Crippen LogP contribution in [0.3, 0.4) is 0 Å². The quantitative estimate of drug-likeness (QED) is 0.662. The summed E-state index contributed by atoms with van der Waals surface area (Å²) in [4.78, 5) is 35.0. The van der Waals surface area contributed by atoms with Crippen LogP contribution in [0.2, 0.25) is 5.02 Å². The van der Waals surface area contributed by atoms with Crippen LogP contribution in [0.25, 0.3) is 0 Å². The van der Waals surface area contributed by atoms with Crippen LogP contribution in [-0.4, -0.2) is 44.0 Å². The van der Waals surface area contributed by atoms with E-state index in [0.29, 0.717) is 34.1 Å². The van der Waals surface area contributed by atoms with E-state index in [-0.39, 0.29) is 30.6 Å². The lowest BCUT2D eigenvalue weighted by atomic mass is 10.2. The molecule has 0 bridgehead atoms. The predicted octanol–water partition coefficient (Wildman–Crippen LogP) is 1.95. The number of nitrogens with one attached hydrogen (secondary N) is 2. The topological polar surface area (TPSA) is 113 Å². The van der Waals surface area contributed by atoms with E-state index >= 15 is 0 Å². The molecule has 3 aromatic rings. The monoisotopic (exact) mass is 412 g/mol. The molecule has 1 aliphatic heterocycles. The number of rotatable bonds is 5. The second-order valence-electron chi connectivity index (χ2n) is 6.43. The van der Waals surface area contributed by atoms with Gasteiger partial charge in [0, 0.05) is 52.9 Å². The summed E-state index contributed by atoms with van der Waals surface area (Å²) in [6, 6.07) is 4.87. The molecule has 10 heteroatoms. The van der Waals surface area contributed by atoms with Gasteiger partial charge in [-0.25, -0.2) is 4.98 Å². The highest BCUT2D eigenvalue weighted by molar-refractivity contribution is 6.31. The summed E-state index contributed by atoms with van der Waals surface area (Å²) in [6.07, 6.45) is 4.70. The molecule has 0 saturated heterocycles. The third-order valence-electron chi connectivity index (χ3n) is 4.63. The highest BCUT2D eigenvalue weighted by Gasteiger charge is 2.31. The SMILES string of the molecule is COc1cc(C(=O)N2Cc3[nH]nc(C(=O)NCc4cnccc4Cl)c3C2)ccn1. The largest absolute Gasteiger partial charge is 0.481 e. The third kappa shape index (κ3) is 3.77. The smallest absolute Gasteiger partial charge is 0.272 e. The van der Waals surface area contributed by atoms with Crippen LogP contribution in [0.5, 0.6) is 5.88 Å². The Kier molecular flexibility index (Phi) is 5.13. The summed E-state index contributed by atoms with van der Waals surface area (Å²) in [5.74, 6) is -0.157. The summed E-state index contributed by atoms with van der Waals surface area (Å²) in [5.41, 5.74) is 2.88. The van der Waals surface area contributed by atoms with Gasteiger partial charge in [-0.15, -0.1) is 0 Å². The van der Waals surface area contributed by atoms with Crippen molar-refractivity contribution in [1.82, 2.24) is 30.4 Å². The number of ether oxygens (including phenoxy) is 1. The van der Waals surface area contributed by atoms with Gasteiger partial charge in [0.25, 0.3) is 11.8 Å². The summed E-state index contributed by atoms with van der Waals surface area (Å²) in [7, 11) is 1.49. The molecule has 0 unspecified atom stereocenters. The van der Waals surface area contributed by atoms with E-state index < -0.39 is 0 Å². The van der Waals surface area contributed by atoms with Gasteiger partial charge in [0.1, 0.15) is 0 Å². The number of pyridine rings is 2. The zero-order valence-electron chi connectivity index (χ0n) is 15.5. The fourth-order valence-corrected chi connectivity index (χ4v) is 3.28. The van der Waals surface area contributed by atoms with Gasteiger partial charge >= 0.3 is 0 Å². The van der Waals surface area contributed by atoms with E-state index in [2.05, 4.69) is 25.5 Å². The van der Waals surface area contributed by atoms with E-state index in [1.165, 1.54) is 13.3 Å². The van der Waals surface area contributed by atoms with Crippen LogP contribution in [-0.2, 0) is 19.6 Å². The average molecular weight is 413 g/mol. The number of aromatic nitrogens is 4. The van der Waals surface area contributed by atoms with Crippen molar-refractivity contribution in [3.05, 3.63) is 69.9 Å². The Balaban J connectivity index is 1.45. The molecule has 148 valence electrons. The van der Waals surface area contributed by atoms with Gasteiger partial charge in [-0.2, -0.15) is 5.10 Å². The minimum Gasteiger partial charge on any atom is -0.481 e. The van der Waals surface area contributed by atoms with Crippen molar-refractivity contribution in [3.63, 3.8) is 0 Å². The minimum absolute atomic E-state index is 0.177. The first kappa shape index (κ1) is 18.9. The van der Waals surface area contributed by atoms with Crippen molar-refractivity contribution in [1.29, 1.82) is 0 Å².